The van der Waals surface area contributed by atoms with Crippen LogP contribution < -0.4 is 10.1 Å². The van der Waals surface area contributed by atoms with Crippen LogP contribution in [0, 0.1) is 0 Å². The molecule has 2 fully saturated rings. The lowest BCUT2D eigenvalue weighted by Gasteiger charge is -2.31. The minimum absolute atomic E-state index is 0.0702. The SMILES string of the molecule is COc1ccc(NC(=O)N2CCCO[C@H](CN3CCCCC3)C2)cc1Cl. The van der Waals surface area contributed by atoms with Crippen LogP contribution >= 0.6 is 11.6 Å². The molecule has 2 aliphatic rings. The van der Waals surface area contributed by atoms with Gasteiger partial charge in [-0.15, -0.1) is 0 Å². The van der Waals surface area contributed by atoms with Gasteiger partial charge in [-0.3, -0.25) is 0 Å². The van der Waals surface area contributed by atoms with Gasteiger partial charge in [-0.25, -0.2) is 4.79 Å². The van der Waals surface area contributed by atoms with Gasteiger partial charge in [0.15, 0.2) is 0 Å². The lowest BCUT2D eigenvalue weighted by Crippen LogP contribution is -2.45. The van der Waals surface area contributed by atoms with Crippen molar-refractivity contribution in [2.75, 3.05) is 51.8 Å². The third-order valence-electron chi connectivity index (χ3n) is 4.95. The molecule has 0 radical (unpaired) electrons. The van der Waals surface area contributed by atoms with Gasteiger partial charge < -0.3 is 24.6 Å². The number of amides is 2. The molecule has 2 aliphatic heterocycles. The second-order valence-electron chi connectivity index (χ2n) is 6.93. The number of piperidine rings is 1. The number of halogens is 1. The predicted molar refractivity (Wildman–Crippen MR) is 103 cm³/mol. The summed E-state index contributed by atoms with van der Waals surface area (Å²) in [6.07, 6.45) is 4.76. The number of nitrogens with zero attached hydrogens (tertiary/aromatic N) is 2. The number of carbonyl (C=O) groups excluding carboxylic acids is 1. The van der Waals surface area contributed by atoms with Crippen LogP contribution in [0.4, 0.5) is 10.5 Å². The highest BCUT2D eigenvalue weighted by Crippen LogP contribution is 2.27. The zero-order chi connectivity index (χ0) is 18.4. The van der Waals surface area contributed by atoms with Gasteiger partial charge in [0.25, 0.3) is 0 Å². The highest BCUT2D eigenvalue weighted by Gasteiger charge is 2.25. The minimum atomic E-state index is -0.111. The Labute approximate surface area is 160 Å². The number of carbonyl (C=O) groups is 1. The molecule has 6 nitrogen and oxygen atoms in total. The minimum Gasteiger partial charge on any atom is -0.495 e. The maximum Gasteiger partial charge on any atom is 0.321 e. The van der Waals surface area contributed by atoms with Gasteiger partial charge in [0.05, 0.1) is 18.2 Å². The van der Waals surface area contributed by atoms with Crippen LogP contribution in [-0.2, 0) is 4.74 Å². The number of anilines is 1. The molecule has 0 unspecified atom stereocenters. The summed E-state index contributed by atoms with van der Waals surface area (Å²) in [6, 6.07) is 5.14. The van der Waals surface area contributed by atoms with Crippen LogP contribution in [0.2, 0.25) is 5.02 Å². The zero-order valence-electron chi connectivity index (χ0n) is 15.4. The number of ether oxygens (including phenoxy) is 2. The molecule has 2 amide bonds. The molecular weight excluding hydrogens is 354 g/mol. The summed E-state index contributed by atoms with van der Waals surface area (Å²) in [5, 5.41) is 3.41. The van der Waals surface area contributed by atoms with Crippen molar-refractivity contribution in [2.24, 2.45) is 0 Å². The van der Waals surface area contributed by atoms with E-state index in [2.05, 4.69) is 10.2 Å². The molecule has 1 atom stereocenters. The zero-order valence-corrected chi connectivity index (χ0v) is 16.1. The Kier molecular flexibility index (Phi) is 7.00. The number of rotatable bonds is 4. The molecule has 0 aliphatic carbocycles. The van der Waals surface area contributed by atoms with Gasteiger partial charge >= 0.3 is 6.03 Å². The Hall–Kier alpha value is -1.50. The van der Waals surface area contributed by atoms with E-state index >= 15 is 0 Å². The number of benzene rings is 1. The average molecular weight is 382 g/mol. The van der Waals surface area contributed by atoms with Crippen LogP contribution in [0.15, 0.2) is 18.2 Å². The van der Waals surface area contributed by atoms with Crippen LogP contribution in [0.1, 0.15) is 25.7 Å². The van der Waals surface area contributed by atoms with Gasteiger partial charge in [0, 0.05) is 31.9 Å². The molecule has 0 bridgehead atoms. The summed E-state index contributed by atoms with van der Waals surface area (Å²) in [6.45, 7) is 5.19. The van der Waals surface area contributed by atoms with E-state index in [9.17, 15) is 4.79 Å². The van der Waals surface area contributed by atoms with Gasteiger partial charge in [-0.2, -0.15) is 0 Å². The average Bonchev–Trinajstić information content (AvgIpc) is 2.88. The van der Waals surface area contributed by atoms with Crippen LogP contribution in [0.5, 0.6) is 5.75 Å². The second kappa shape index (κ2) is 9.44. The Morgan fingerprint density at radius 1 is 1.27 bits per heavy atom. The van der Waals surface area contributed by atoms with Crippen LogP contribution in [0.3, 0.4) is 0 Å². The standard InChI is InChI=1S/C19H28ClN3O3/c1-25-18-7-6-15(12-17(18)20)21-19(24)23-10-5-11-26-16(14-23)13-22-8-3-2-4-9-22/h6-7,12,16H,2-5,8-11,13-14H2,1H3,(H,21,24)/t16-/m1/s1. The Balaban J connectivity index is 1.57. The smallest absolute Gasteiger partial charge is 0.321 e. The highest BCUT2D eigenvalue weighted by atomic mass is 35.5. The van der Waals surface area contributed by atoms with E-state index in [0.717, 1.165) is 26.1 Å². The van der Waals surface area contributed by atoms with Gasteiger partial charge in [0.1, 0.15) is 5.75 Å². The Morgan fingerprint density at radius 2 is 2.08 bits per heavy atom. The van der Waals surface area contributed by atoms with Crippen molar-refractivity contribution in [1.29, 1.82) is 0 Å². The van der Waals surface area contributed by atoms with Crippen molar-refractivity contribution >= 4 is 23.3 Å². The Morgan fingerprint density at radius 3 is 2.81 bits per heavy atom. The fourth-order valence-electron chi connectivity index (χ4n) is 3.57. The van der Waals surface area contributed by atoms with E-state index in [0.29, 0.717) is 36.2 Å². The molecule has 1 aromatic carbocycles. The first kappa shape index (κ1) is 19.3. The number of urea groups is 1. The van der Waals surface area contributed by atoms with Crippen molar-refractivity contribution < 1.29 is 14.3 Å². The van der Waals surface area contributed by atoms with E-state index in [1.54, 1.807) is 25.3 Å². The maximum absolute atomic E-state index is 12.7. The molecule has 2 heterocycles. The molecule has 1 N–H and O–H groups in total. The summed E-state index contributed by atoms with van der Waals surface area (Å²) in [4.78, 5) is 17.0. The Bertz CT molecular complexity index is 608. The van der Waals surface area contributed by atoms with Gasteiger partial charge in [0.2, 0.25) is 0 Å². The second-order valence-corrected chi connectivity index (χ2v) is 7.34. The summed E-state index contributed by atoms with van der Waals surface area (Å²) in [7, 11) is 1.57. The molecule has 0 saturated carbocycles. The molecule has 0 spiro atoms. The van der Waals surface area contributed by atoms with Crippen molar-refractivity contribution in [3.8, 4) is 5.75 Å². The van der Waals surface area contributed by atoms with Crippen LogP contribution in [-0.4, -0.2) is 68.4 Å². The molecule has 1 aromatic rings. The number of methoxy groups -OCH3 is 1. The normalized spacial score (nSPS) is 21.9. The summed E-state index contributed by atoms with van der Waals surface area (Å²) >= 11 is 6.14. The lowest BCUT2D eigenvalue weighted by molar-refractivity contribution is 0.0261. The molecule has 7 heteroatoms. The van der Waals surface area contributed by atoms with Crippen molar-refractivity contribution in [3.05, 3.63) is 23.2 Å². The number of hydrogen-bond acceptors (Lipinski definition) is 4. The quantitative estimate of drug-likeness (QED) is 0.867. The third-order valence-corrected chi connectivity index (χ3v) is 5.25. The lowest BCUT2D eigenvalue weighted by atomic mass is 10.1. The fraction of sp³-hybridized carbons (Fsp3) is 0.632. The largest absolute Gasteiger partial charge is 0.495 e. The van der Waals surface area contributed by atoms with Gasteiger partial charge in [-0.1, -0.05) is 18.0 Å². The first-order valence-electron chi connectivity index (χ1n) is 9.39. The summed E-state index contributed by atoms with van der Waals surface area (Å²) in [5.74, 6) is 0.592. The van der Waals surface area contributed by atoms with E-state index in [-0.39, 0.29) is 12.1 Å². The van der Waals surface area contributed by atoms with Gasteiger partial charge in [-0.05, 0) is 50.6 Å². The fourth-order valence-corrected chi connectivity index (χ4v) is 3.82. The molecular formula is C19H28ClN3O3. The highest BCUT2D eigenvalue weighted by molar-refractivity contribution is 6.32. The third kappa shape index (κ3) is 5.25. The van der Waals surface area contributed by atoms with Crippen LogP contribution in [0.25, 0.3) is 0 Å². The van der Waals surface area contributed by atoms with E-state index < -0.39 is 0 Å². The van der Waals surface area contributed by atoms with E-state index in [4.69, 9.17) is 21.1 Å². The molecule has 3 rings (SSSR count). The summed E-state index contributed by atoms with van der Waals surface area (Å²) < 4.78 is 11.1. The predicted octanol–water partition coefficient (Wildman–Crippen LogP) is 3.46. The van der Waals surface area contributed by atoms with Crippen molar-refractivity contribution in [2.45, 2.75) is 31.8 Å². The molecule has 2 saturated heterocycles. The summed E-state index contributed by atoms with van der Waals surface area (Å²) in [5.41, 5.74) is 0.665. The number of likely N-dealkylation sites (tertiary alicyclic amines) is 1. The van der Waals surface area contributed by atoms with E-state index in [1.807, 2.05) is 4.90 Å². The van der Waals surface area contributed by atoms with E-state index in [1.165, 1.54) is 19.3 Å². The molecule has 144 valence electrons. The molecule has 26 heavy (non-hydrogen) atoms. The van der Waals surface area contributed by atoms with Crippen molar-refractivity contribution in [3.63, 3.8) is 0 Å². The first-order chi connectivity index (χ1) is 12.7. The number of nitrogens with one attached hydrogen (secondary N) is 1. The first-order valence-corrected chi connectivity index (χ1v) is 9.77. The topological polar surface area (TPSA) is 54.0 Å². The van der Waals surface area contributed by atoms with Crippen molar-refractivity contribution in [1.82, 2.24) is 9.80 Å². The molecule has 0 aromatic heterocycles. The maximum atomic E-state index is 12.7. The number of hydrogen-bond donors (Lipinski definition) is 1. The monoisotopic (exact) mass is 381 g/mol.